The first-order valence-corrected chi connectivity index (χ1v) is 6.10. The fraction of sp³-hybridized carbons (Fsp3) is 0.462. The van der Waals surface area contributed by atoms with Crippen LogP contribution in [0.1, 0.15) is 25.8 Å². The molecule has 1 atom stereocenters. The second kappa shape index (κ2) is 5.92. The van der Waals surface area contributed by atoms with Gasteiger partial charge in [-0.25, -0.2) is 4.79 Å². The highest BCUT2D eigenvalue weighted by Crippen LogP contribution is 2.26. The van der Waals surface area contributed by atoms with E-state index in [-0.39, 0.29) is 0 Å². The number of benzene rings is 1. The highest BCUT2D eigenvalue weighted by molar-refractivity contribution is 6.30. The van der Waals surface area contributed by atoms with Gasteiger partial charge >= 0.3 is 5.97 Å². The van der Waals surface area contributed by atoms with E-state index in [4.69, 9.17) is 16.7 Å². The number of carboxylic acid groups (broad SMARTS) is 1. The predicted molar refractivity (Wildman–Crippen MR) is 70.9 cm³/mol. The minimum absolute atomic E-state index is 0.549. The molecule has 1 aromatic carbocycles. The maximum Gasteiger partial charge on any atom is 0.326 e. The van der Waals surface area contributed by atoms with Crippen LogP contribution in [0.4, 0.5) is 5.69 Å². The molecule has 0 unspecified atom stereocenters. The Bertz CT molecular complexity index is 406. The third-order valence-corrected chi connectivity index (χ3v) is 3.01. The summed E-state index contributed by atoms with van der Waals surface area (Å²) in [5, 5.41) is 9.75. The number of aryl methyl sites for hydroxylation is 1. The van der Waals surface area contributed by atoms with Crippen molar-refractivity contribution in [2.45, 2.75) is 33.2 Å². The number of aliphatic carboxylic acids is 1. The molecule has 0 aliphatic heterocycles. The molecule has 0 bridgehead atoms. The Morgan fingerprint density at radius 2 is 2.18 bits per heavy atom. The van der Waals surface area contributed by atoms with Gasteiger partial charge in [0, 0.05) is 17.3 Å². The van der Waals surface area contributed by atoms with Crippen LogP contribution in [0.2, 0.25) is 5.02 Å². The van der Waals surface area contributed by atoms with Gasteiger partial charge in [0.2, 0.25) is 0 Å². The zero-order chi connectivity index (χ0) is 13.0. The van der Waals surface area contributed by atoms with Gasteiger partial charge in [-0.3, -0.25) is 0 Å². The Kier molecular flexibility index (Phi) is 4.82. The first-order valence-electron chi connectivity index (χ1n) is 5.73. The standard InChI is InChI=1S/C13H18ClNO2/c1-4-7-15(10(3)13(16)17)12-8-11(14)6-5-9(12)2/h5-6,8,10H,4,7H2,1-3H3,(H,16,17)/t10-/m0/s1. The van der Waals surface area contributed by atoms with E-state index in [1.54, 1.807) is 6.92 Å². The molecule has 0 radical (unpaired) electrons. The molecular weight excluding hydrogens is 238 g/mol. The lowest BCUT2D eigenvalue weighted by Gasteiger charge is -2.29. The SMILES string of the molecule is CCCN(c1cc(Cl)ccc1C)[C@@H](C)C(=O)O. The van der Waals surface area contributed by atoms with E-state index in [9.17, 15) is 4.79 Å². The number of anilines is 1. The lowest BCUT2D eigenvalue weighted by Crippen LogP contribution is -2.40. The van der Waals surface area contributed by atoms with Gasteiger partial charge in [0.15, 0.2) is 0 Å². The van der Waals surface area contributed by atoms with E-state index in [1.165, 1.54) is 0 Å². The Labute approximate surface area is 107 Å². The third kappa shape index (κ3) is 3.37. The van der Waals surface area contributed by atoms with Crippen LogP contribution >= 0.6 is 11.6 Å². The van der Waals surface area contributed by atoms with Crippen molar-refractivity contribution in [3.05, 3.63) is 28.8 Å². The maximum absolute atomic E-state index is 11.1. The largest absolute Gasteiger partial charge is 0.480 e. The van der Waals surface area contributed by atoms with Gasteiger partial charge in [-0.15, -0.1) is 0 Å². The summed E-state index contributed by atoms with van der Waals surface area (Å²) in [7, 11) is 0. The number of nitrogens with zero attached hydrogens (tertiary/aromatic N) is 1. The number of hydrogen-bond donors (Lipinski definition) is 1. The molecular formula is C13H18ClNO2. The average Bonchev–Trinajstić information content (AvgIpc) is 2.28. The van der Waals surface area contributed by atoms with E-state index < -0.39 is 12.0 Å². The van der Waals surface area contributed by atoms with Crippen LogP contribution in [-0.4, -0.2) is 23.7 Å². The highest BCUT2D eigenvalue weighted by Gasteiger charge is 2.21. The minimum Gasteiger partial charge on any atom is -0.480 e. The second-order valence-corrected chi connectivity index (χ2v) is 4.57. The van der Waals surface area contributed by atoms with Gasteiger partial charge in [-0.05, 0) is 38.0 Å². The lowest BCUT2D eigenvalue weighted by atomic mass is 10.1. The maximum atomic E-state index is 11.1. The zero-order valence-corrected chi connectivity index (χ0v) is 11.2. The molecule has 94 valence electrons. The number of hydrogen-bond acceptors (Lipinski definition) is 2. The van der Waals surface area contributed by atoms with E-state index >= 15 is 0 Å². The number of carboxylic acids is 1. The van der Waals surface area contributed by atoms with Crippen molar-refractivity contribution in [3.63, 3.8) is 0 Å². The van der Waals surface area contributed by atoms with Gasteiger partial charge in [0.25, 0.3) is 0 Å². The lowest BCUT2D eigenvalue weighted by molar-refractivity contribution is -0.138. The first-order chi connectivity index (χ1) is 7.97. The molecule has 0 aromatic heterocycles. The number of halogens is 1. The smallest absolute Gasteiger partial charge is 0.326 e. The summed E-state index contributed by atoms with van der Waals surface area (Å²) >= 11 is 5.97. The number of carbonyl (C=O) groups is 1. The molecule has 0 fully saturated rings. The summed E-state index contributed by atoms with van der Waals surface area (Å²) in [6.45, 7) is 6.39. The van der Waals surface area contributed by atoms with Crippen molar-refractivity contribution in [2.75, 3.05) is 11.4 Å². The zero-order valence-electron chi connectivity index (χ0n) is 10.4. The summed E-state index contributed by atoms with van der Waals surface area (Å²) < 4.78 is 0. The molecule has 0 aliphatic carbocycles. The predicted octanol–water partition coefficient (Wildman–Crippen LogP) is 3.34. The molecule has 0 heterocycles. The van der Waals surface area contributed by atoms with Crippen molar-refractivity contribution in [1.29, 1.82) is 0 Å². The van der Waals surface area contributed by atoms with Crippen molar-refractivity contribution in [2.24, 2.45) is 0 Å². The molecule has 1 aromatic rings. The van der Waals surface area contributed by atoms with Crippen LogP contribution in [0.15, 0.2) is 18.2 Å². The molecule has 17 heavy (non-hydrogen) atoms. The topological polar surface area (TPSA) is 40.5 Å². The number of rotatable bonds is 5. The summed E-state index contributed by atoms with van der Waals surface area (Å²) in [6, 6.07) is 5.00. The van der Waals surface area contributed by atoms with Crippen molar-refractivity contribution < 1.29 is 9.90 Å². The van der Waals surface area contributed by atoms with Gasteiger partial charge in [-0.1, -0.05) is 24.6 Å². The molecule has 4 heteroatoms. The Hall–Kier alpha value is -1.22. The molecule has 0 spiro atoms. The fourth-order valence-electron chi connectivity index (χ4n) is 1.79. The van der Waals surface area contributed by atoms with Crippen LogP contribution in [-0.2, 0) is 4.79 Å². The molecule has 0 amide bonds. The van der Waals surface area contributed by atoms with Crippen molar-refractivity contribution in [1.82, 2.24) is 0 Å². The van der Waals surface area contributed by atoms with Crippen LogP contribution in [0.5, 0.6) is 0 Å². The van der Waals surface area contributed by atoms with Gasteiger partial charge in [0.1, 0.15) is 6.04 Å². The Balaban J connectivity index is 3.12. The normalized spacial score (nSPS) is 12.2. The van der Waals surface area contributed by atoms with Crippen LogP contribution in [0.3, 0.4) is 0 Å². The van der Waals surface area contributed by atoms with E-state index in [0.717, 1.165) is 17.7 Å². The molecule has 0 saturated heterocycles. The fourth-order valence-corrected chi connectivity index (χ4v) is 1.96. The van der Waals surface area contributed by atoms with Crippen molar-refractivity contribution >= 4 is 23.3 Å². The van der Waals surface area contributed by atoms with E-state index in [0.29, 0.717) is 11.6 Å². The van der Waals surface area contributed by atoms with E-state index in [2.05, 4.69) is 0 Å². The van der Waals surface area contributed by atoms with Crippen LogP contribution in [0, 0.1) is 6.92 Å². The molecule has 1 N–H and O–H groups in total. The molecule has 0 saturated carbocycles. The van der Waals surface area contributed by atoms with Gasteiger partial charge in [-0.2, -0.15) is 0 Å². The molecule has 1 rings (SSSR count). The summed E-state index contributed by atoms with van der Waals surface area (Å²) in [6.07, 6.45) is 0.892. The van der Waals surface area contributed by atoms with Gasteiger partial charge < -0.3 is 10.0 Å². The Morgan fingerprint density at radius 3 is 2.71 bits per heavy atom. The van der Waals surface area contributed by atoms with Gasteiger partial charge in [0.05, 0.1) is 0 Å². The Morgan fingerprint density at radius 1 is 1.53 bits per heavy atom. The van der Waals surface area contributed by atoms with Crippen molar-refractivity contribution in [3.8, 4) is 0 Å². The second-order valence-electron chi connectivity index (χ2n) is 4.14. The minimum atomic E-state index is -0.821. The average molecular weight is 256 g/mol. The summed E-state index contributed by atoms with van der Waals surface area (Å²) in [4.78, 5) is 13.0. The highest BCUT2D eigenvalue weighted by atomic mass is 35.5. The third-order valence-electron chi connectivity index (χ3n) is 2.77. The monoisotopic (exact) mass is 255 g/mol. The quantitative estimate of drug-likeness (QED) is 0.877. The summed E-state index contributed by atoms with van der Waals surface area (Å²) in [5.74, 6) is -0.821. The molecule has 3 nitrogen and oxygen atoms in total. The van der Waals surface area contributed by atoms with Crippen LogP contribution < -0.4 is 4.90 Å². The van der Waals surface area contributed by atoms with E-state index in [1.807, 2.05) is 36.9 Å². The molecule has 0 aliphatic rings. The van der Waals surface area contributed by atoms with Crippen LogP contribution in [0.25, 0.3) is 0 Å². The first kappa shape index (κ1) is 13.8. The summed E-state index contributed by atoms with van der Waals surface area (Å²) in [5.41, 5.74) is 1.94.